The van der Waals surface area contributed by atoms with E-state index in [1.165, 1.54) is 36.0 Å². The topological polar surface area (TPSA) is 0 Å². The minimum atomic E-state index is 1.03. The van der Waals surface area contributed by atoms with Crippen LogP contribution in [0.1, 0.15) is 59.8 Å². The Bertz CT molecular complexity index is 249. The molecule has 0 aliphatic rings. The van der Waals surface area contributed by atoms with E-state index in [1.54, 1.807) is 0 Å². The SMILES string of the molecule is C=CCC(C)=C(C)C.C=CCCCCC(=C)C. The second kappa shape index (κ2) is 13.0. The molecule has 17 heavy (non-hydrogen) atoms. The standard InChI is InChI=1S/C9H16.C8H14/c1-4-5-6-7-8-9(2)3;1-5-6-8(4)7(2)3/h4H,1-2,5-8H2,3H3;5H,1,6H2,2-4H3. The van der Waals surface area contributed by atoms with Crippen molar-refractivity contribution in [1.29, 1.82) is 0 Å². The molecule has 0 spiro atoms. The zero-order valence-electron chi connectivity index (χ0n) is 12.3. The molecule has 0 amide bonds. The second-order valence-corrected chi connectivity index (χ2v) is 4.76. The van der Waals surface area contributed by atoms with Gasteiger partial charge in [-0.25, -0.2) is 0 Å². The smallest absolute Gasteiger partial charge is 0.0142 e. The molecule has 0 heterocycles. The number of unbranched alkanes of at least 4 members (excludes halogenated alkanes) is 2. The van der Waals surface area contributed by atoms with Crippen molar-refractivity contribution >= 4 is 0 Å². The van der Waals surface area contributed by atoms with Crippen molar-refractivity contribution in [2.24, 2.45) is 0 Å². The fourth-order valence-electron chi connectivity index (χ4n) is 1.14. The van der Waals surface area contributed by atoms with Gasteiger partial charge in [0.2, 0.25) is 0 Å². The van der Waals surface area contributed by atoms with Gasteiger partial charge >= 0.3 is 0 Å². The molecule has 0 heteroatoms. The third-order valence-corrected chi connectivity index (χ3v) is 2.57. The molecule has 0 rings (SSSR count). The van der Waals surface area contributed by atoms with Gasteiger partial charge in [0.1, 0.15) is 0 Å². The first kappa shape index (κ1) is 18.3. The predicted octanol–water partition coefficient (Wildman–Crippen LogP) is 6.23. The molecule has 0 saturated heterocycles. The molecule has 0 nitrogen and oxygen atoms in total. The Balaban J connectivity index is 0. The minimum Gasteiger partial charge on any atom is -0.103 e. The molecular weight excluding hydrogens is 204 g/mol. The van der Waals surface area contributed by atoms with Gasteiger partial charge in [-0.15, -0.1) is 19.7 Å². The first-order valence-corrected chi connectivity index (χ1v) is 6.44. The van der Waals surface area contributed by atoms with Crippen LogP contribution in [0, 0.1) is 0 Å². The van der Waals surface area contributed by atoms with E-state index >= 15 is 0 Å². The van der Waals surface area contributed by atoms with Gasteiger partial charge in [-0.1, -0.05) is 28.9 Å². The molecule has 0 saturated carbocycles. The molecule has 0 aliphatic carbocycles. The van der Waals surface area contributed by atoms with Gasteiger partial charge in [0.05, 0.1) is 0 Å². The largest absolute Gasteiger partial charge is 0.103 e. The Labute approximate surface area is 109 Å². The van der Waals surface area contributed by atoms with Crippen LogP contribution in [0.4, 0.5) is 0 Å². The first-order valence-electron chi connectivity index (χ1n) is 6.44. The van der Waals surface area contributed by atoms with E-state index in [9.17, 15) is 0 Å². The highest BCUT2D eigenvalue weighted by molar-refractivity contribution is 5.09. The van der Waals surface area contributed by atoms with Crippen molar-refractivity contribution in [2.75, 3.05) is 0 Å². The number of allylic oxidation sites excluding steroid dienone is 5. The number of rotatable bonds is 7. The van der Waals surface area contributed by atoms with E-state index in [0.29, 0.717) is 0 Å². The first-order chi connectivity index (χ1) is 7.95. The van der Waals surface area contributed by atoms with E-state index in [4.69, 9.17) is 0 Å². The normalized spacial score (nSPS) is 8.71. The summed E-state index contributed by atoms with van der Waals surface area (Å²) in [6, 6.07) is 0. The summed E-state index contributed by atoms with van der Waals surface area (Å²) in [5.74, 6) is 0. The van der Waals surface area contributed by atoms with Crippen LogP contribution in [0.2, 0.25) is 0 Å². The van der Waals surface area contributed by atoms with Crippen LogP contribution in [0.25, 0.3) is 0 Å². The summed E-state index contributed by atoms with van der Waals surface area (Å²) in [6.45, 7) is 19.6. The molecule has 98 valence electrons. The van der Waals surface area contributed by atoms with Crippen LogP contribution in [0.3, 0.4) is 0 Å². The lowest BCUT2D eigenvalue weighted by Crippen LogP contribution is -1.75. The monoisotopic (exact) mass is 234 g/mol. The van der Waals surface area contributed by atoms with Crippen molar-refractivity contribution in [3.8, 4) is 0 Å². The summed E-state index contributed by atoms with van der Waals surface area (Å²) in [7, 11) is 0. The lowest BCUT2D eigenvalue weighted by atomic mass is 10.1. The van der Waals surface area contributed by atoms with Crippen LogP contribution in [0.5, 0.6) is 0 Å². The summed E-state index contributed by atoms with van der Waals surface area (Å²) < 4.78 is 0. The molecule has 0 N–H and O–H groups in total. The molecule has 0 atom stereocenters. The zero-order chi connectivity index (χ0) is 13.7. The minimum absolute atomic E-state index is 1.03. The summed E-state index contributed by atoms with van der Waals surface area (Å²) in [6.07, 6.45) is 9.78. The lowest BCUT2D eigenvalue weighted by molar-refractivity contribution is 0.744. The summed E-state index contributed by atoms with van der Waals surface area (Å²) >= 11 is 0. The lowest BCUT2D eigenvalue weighted by Gasteiger charge is -1.95. The van der Waals surface area contributed by atoms with E-state index in [-0.39, 0.29) is 0 Å². The van der Waals surface area contributed by atoms with Crippen LogP contribution in [-0.2, 0) is 0 Å². The average molecular weight is 234 g/mol. The van der Waals surface area contributed by atoms with Crippen LogP contribution in [-0.4, -0.2) is 0 Å². The van der Waals surface area contributed by atoms with Gasteiger partial charge in [-0.2, -0.15) is 0 Å². The Morgan fingerprint density at radius 1 is 0.941 bits per heavy atom. The Morgan fingerprint density at radius 2 is 1.53 bits per heavy atom. The van der Waals surface area contributed by atoms with Crippen molar-refractivity contribution in [2.45, 2.75) is 59.8 Å². The highest BCUT2D eigenvalue weighted by Gasteiger charge is 1.85. The fourth-order valence-corrected chi connectivity index (χ4v) is 1.14. The van der Waals surface area contributed by atoms with E-state index < -0.39 is 0 Å². The van der Waals surface area contributed by atoms with Gasteiger partial charge in [0.15, 0.2) is 0 Å². The van der Waals surface area contributed by atoms with Gasteiger partial charge in [-0.3, -0.25) is 0 Å². The highest BCUT2D eigenvalue weighted by atomic mass is 13.9. The average Bonchev–Trinajstić information content (AvgIpc) is 2.25. The van der Waals surface area contributed by atoms with Gasteiger partial charge in [0.25, 0.3) is 0 Å². The molecule has 0 bridgehead atoms. The summed E-state index contributed by atoms with van der Waals surface area (Å²) in [4.78, 5) is 0. The molecule has 0 radical (unpaired) electrons. The van der Waals surface area contributed by atoms with Crippen molar-refractivity contribution in [1.82, 2.24) is 0 Å². The fraction of sp³-hybridized carbons (Fsp3) is 0.529. The highest BCUT2D eigenvalue weighted by Crippen LogP contribution is 2.06. The number of hydrogen-bond acceptors (Lipinski definition) is 0. The Morgan fingerprint density at radius 3 is 1.82 bits per heavy atom. The maximum Gasteiger partial charge on any atom is -0.0142 e. The van der Waals surface area contributed by atoms with Crippen LogP contribution < -0.4 is 0 Å². The summed E-state index contributed by atoms with van der Waals surface area (Å²) in [5.41, 5.74) is 4.13. The third kappa shape index (κ3) is 17.6. The molecular formula is C17H30. The molecule has 0 aromatic rings. The van der Waals surface area contributed by atoms with Crippen molar-refractivity contribution in [3.63, 3.8) is 0 Å². The quantitative estimate of drug-likeness (QED) is 0.362. The molecule has 0 aromatic heterocycles. The van der Waals surface area contributed by atoms with Crippen molar-refractivity contribution < 1.29 is 0 Å². The van der Waals surface area contributed by atoms with Crippen LogP contribution in [0.15, 0.2) is 48.6 Å². The molecule has 0 unspecified atom stereocenters. The molecule has 0 aromatic carbocycles. The molecule has 0 aliphatic heterocycles. The van der Waals surface area contributed by atoms with E-state index in [1.807, 2.05) is 12.2 Å². The van der Waals surface area contributed by atoms with Gasteiger partial charge < -0.3 is 0 Å². The zero-order valence-corrected chi connectivity index (χ0v) is 12.3. The van der Waals surface area contributed by atoms with Gasteiger partial charge in [0, 0.05) is 0 Å². The van der Waals surface area contributed by atoms with Crippen molar-refractivity contribution in [3.05, 3.63) is 48.6 Å². The maximum absolute atomic E-state index is 3.83. The van der Waals surface area contributed by atoms with Crippen LogP contribution >= 0.6 is 0 Å². The van der Waals surface area contributed by atoms with E-state index in [2.05, 4.69) is 47.4 Å². The third-order valence-electron chi connectivity index (χ3n) is 2.57. The summed E-state index contributed by atoms with van der Waals surface area (Å²) in [5, 5.41) is 0. The Kier molecular flexibility index (Phi) is 14.0. The number of hydrogen-bond donors (Lipinski definition) is 0. The predicted molar refractivity (Wildman–Crippen MR) is 82.3 cm³/mol. The maximum atomic E-state index is 3.83. The molecule has 0 fully saturated rings. The van der Waals surface area contributed by atoms with Gasteiger partial charge in [-0.05, 0) is 59.8 Å². The second-order valence-electron chi connectivity index (χ2n) is 4.76. The Hall–Kier alpha value is -1.04. The van der Waals surface area contributed by atoms with E-state index in [0.717, 1.165) is 12.8 Å².